The van der Waals surface area contributed by atoms with E-state index in [0.717, 1.165) is 16.7 Å². The number of aromatic nitrogens is 1. The second kappa shape index (κ2) is 9.19. The normalized spacial score (nSPS) is 22.3. The van der Waals surface area contributed by atoms with Gasteiger partial charge in [-0.3, -0.25) is 9.36 Å². The molecule has 3 atom stereocenters. The molecule has 3 aromatic rings. The Morgan fingerprint density at radius 3 is 2.76 bits per heavy atom. The van der Waals surface area contributed by atoms with Crippen LogP contribution in [0.3, 0.4) is 0 Å². The number of carbonyl (C=O) groups is 1. The minimum Gasteiger partial charge on any atom is -0.408 e. The summed E-state index contributed by atoms with van der Waals surface area (Å²) in [6.45, 7) is 0.550. The fourth-order valence-corrected chi connectivity index (χ4v) is 4.17. The Hall–Kier alpha value is -3.45. The molecule has 1 aliphatic rings. The molecule has 4 N–H and O–H groups in total. The van der Waals surface area contributed by atoms with Crippen molar-refractivity contribution in [2.24, 2.45) is 18.7 Å². The fraction of sp³-hybridized carbons (Fsp3) is 0.375. The van der Waals surface area contributed by atoms with Crippen LogP contribution in [0.1, 0.15) is 12.0 Å². The summed E-state index contributed by atoms with van der Waals surface area (Å²) in [6.07, 6.45) is 0.0150. The third kappa shape index (κ3) is 4.41. The van der Waals surface area contributed by atoms with E-state index in [0.29, 0.717) is 24.1 Å². The zero-order valence-corrected chi connectivity index (χ0v) is 18.3. The summed E-state index contributed by atoms with van der Waals surface area (Å²) in [5.41, 5.74) is 8.06. The number of rotatable bonds is 5. The molecule has 2 heterocycles. The smallest absolute Gasteiger partial charge is 0.408 e. The summed E-state index contributed by atoms with van der Waals surface area (Å²) in [4.78, 5) is 24.1. The second-order valence-electron chi connectivity index (χ2n) is 8.38. The number of hydrogen-bond donors (Lipinski definition) is 3. The lowest BCUT2D eigenvalue weighted by Crippen LogP contribution is -2.60. The Balaban J connectivity index is 1.58. The van der Waals surface area contributed by atoms with Crippen LogP contribution in [0.4, 0.5) is 0 Å². The lowest BCUT2D eigenvalue weighted by molar-refractivity contribution is -0.156. The van der Waals surface area contributed by atoms with Gasteiger partial charge in [0.05, 0.1) is 30.2 Å². The van der Waals surface area contributed by atoms with Crippen molar-refractivity contribution in [2.45, 2.75) is 24.5 Å². The van der Waals surface area contributed by atoms with Crippen LogP contribution in [0.5, 0.6) is 0 Å². The number of aliphatic hydroxyl groups excluding tert-OH is 1. The van der Waals surface area contributed by atoms with E-state index in [1.807, 2.05) is 36.4 Å². The highest BCUT2D eigenvalue weighted by Crippen LogP contribution is 2.29. The lowest BCUT2D eigenvalue weighted by atomic mass is 9.82. The van der Waals surface area contributed by atoms with E-state index >= 15 is 0 Å². The largest absolute Gasteiger partial charge is 0.419 e. The second-order valence-corrected chi connectivity index (χ2v) is 8.38. The van der Waals surface area contributed by atoms with E-state index in [9.17, 15) is 20.0 Å². The summed E-state index contributed by atoms with van der Waals surface area (Å²) < 4.78 is 12.4. The first-order chi connectivity index (χ1) is 15.8. The number of benzene rings is 2. The Morgan fingerprint density at radius 1 is 1.33 bits per heavy atom. The maximum atomic E-state index is 12.4. The predicted octanol–water partition coefficient (Wildman–Crippen LogP) is 1.08. The molecule has 172 valence electrons. The van der Waals surface area contributed by atoms with E-state index < -0.39 is 29.3 Å². The molecule has 1 saturated heterocycles. The van der Waals surface area contributed by atoms with Gasteiger partial charge in [0.25, 0.3) is 5.91 Å². The Labute approximate surface area is 190 Å². The number of oxazole rings is 1. The number of nitrogens with one attached hydrogen (secondary N) is 1. The van der Waals surface area contributed by atoms with Crippen LogP contribution in [0, 0.1) is 17.2 Å². The van der Waals surface area contributed by atoms with E-state index in [1.165, 1.54) is 4.57 Å². The summed E-state index contributed by atoms with van der Waals surface area (Å²) in [7, 11) is 1.66. The maximum Gasteiger partial charge on any atom is 0.419 e. The lowest BCUT2D eigenvalue weighted by Gasteiger charge is -2.37. The van der Waals surface area contributed by atoms with Gasteiger partial charge in [-0.1, -0.05) is 30.3 Å². The third-order valence-corrected chi connectivity index (χ3v) is 6.23. The zero-order chi connectivity index (χ0) is 23.6. The highest BCUT2D eigenvalue weighted by molar-refractivity contribution is 5.85. The fourth-order valence-electron chi connectivity index (χ4n) is 4.17. The maximum absolute atomic E-state index is 12.4. The molecule has 1 amide bonds. The van der Waals surface area contributed by atoms with Crippen molar-refractivity contribution in [2.75, 3.05) is 19.7 Å². The molecular weight excluding hydrogens is 424 g/mol. The number of nitrogens with zero attached hydrogens (tertiary/aromatic N) is 2. The van der Waals surface area contributed by atoms with E-state index in [4.69, 9.17) is 14.9 Å². The molecule has 0 spiro atoms. The van der Waals surface area contributed by atoms with E-state index in [-0.39, 0.29) is 19.6 Å². The highest BCUT2D eigenvalue weighted by Gasteiger charge is 2.46. The molecule has 33 heavy (non-hydrogen) atoms. The number of aryl methyl sites for hydroxylation is 1. The minimum atomic E-state index is -1.54. The van der Waals surface area contributed by atoms with Crippen molar-refractivity contribution in [1.29, 1.82) is 5.26 Å². The van der Waals surface area contributed by atoms with Gasteiger partial charge in [0.1, 0.15) is 0 Å². The zero-order valence-electron chi connectivity index (χ0n) is 18.3. The van der Waals surface area contributed by atoms with Gasteiger partial charge in [0.2, 0.25) is 0 Å². The number of nitriles is 1. The van der Waals surface area contributed by atoms with Gasteiger partial charge >= 0.3 is 5.76 Å². The number of aliphatic hydroxyl groups is 1. The predicted molar refractivity (Wildman–Crippen MR) is 121 cm³/mol. The first-order valence-electron chi connectivity index (χ1n) is 10.7. The van der Waals surface area contributed by atoms with E-state index in [1.54, 1.807) is 13.1 Å². The van der Waals surface area contributed by atoms with Gasteiger partial charge in [0.15, 0.2) is 11.2 Å². The molecule has 1 aliphatic heterocycles. The first-order valence-corrected chi connectivity index (χ1v) is 10.7. The molecule has 0 bridgehead atoms. The SMILES string of the molecule is Cn1c(=O)oc2ccc(-c3ccc(C[C@@H](C#N)C4(C(N)=O)CNCCC(O)CO4)cc3)cc21. The van der Waals surface area contributed by atoms with Crippen molar-refractivity contribution >= 4 is 17.0 Å². The van der Waals surface area contributed by atoms with Gasteiger partial charge < -0.3 is 25.3 Å². The standard InChI is InChI=1S/C24H26N4O5/c1-28-20-11-17(6-7-21(20)33-23(28)31)16-4-2-15(3-5-16)10-18(12-25)24(22(26)30)14-27-9-8-19(29)13-32-24/h2-7,11,18-19,27,29H,8-10,13-14H2,1H3,(H2,26,30)/t18-,19?,24?/m0/s1. The minimum absolute atomic E-state index is 0.0548. The van der Waals surface area contributed by atoms with Gasteiger partial charge in [-0.2, -0.15) is 5.26 Å². The topological polar surface area (TPSA) is 144 Å². The number of carbonyl (C=O) groups excluding carboxylic acids is 1. The number of fused-ring (bicyclic) bond motifs is 1. The van der Waals surface area contributed by atoms with Crippen molar-refractivity contribution in [1.82, 2.24) is 9.88 Å². The molecule has 0 aliphatic carbocycles. The molecule has 9 heteroatoms. The molecule has 0 saturated carbocycles. The summed E-state index contributed by atoms with van der Waals surface area (Å²) in [5.74, 6) is -1.98. The molecule has 9 nitrogen and oxygen atoms in total. The molecule has 4 rings (SSSR count). The van der Waals surface area contributed by atoms with E-state index in [2.05, 4.69) is 11.4 Å². The van der Waals surface area contributed by atoms with Crippen LogP contribution in [-0.2, 0) is 23.0 Å². The highest BCUT2D eigenvalue weighted by atomic mass is 16.5. The van der Waals surface area contributed by atoms with Crippen LogP contribution >= 0.6 is 0 Å². The molecule has 1 aromatic heterocycles. The van der Waals surface area contributed by atoms with Gasteiger partial charge in [0, 0.05) is 13.6 Å². The van der Waals surface area contributed by atoms with Crippen LogP contribution in [0.25, 0.3) is 22.2 Å². The monoisotopic (exact) mass is 450 g/mol. The van der Waals surface area contributed by atoms with Gasteiger partial charge in [-0.25, -0.2) is 4.79 Å². The van der Waals surface area contributed by atoms with Crippen LogP contribution in [0.2, 0.25) is 0 Å². The van der Waals surface area contributed by atoms with Crippen molar-refractivity contribution < 1.29 is 19.1 Å². The van der Waals surface area contributed by atoms with Gasteiger partial charge in [-0.05, 0) is 48.2 Å². The summed E-state index contributed by atoms with van der Waals surface area (Å²) >= 11 is 0. The summed E-state index contributed by atoms with van der Waals surface area (Å²) in [5, 5.41) is 22.9. The number of hydrogen-bond acceptors (Lipinski definition) is 7. The molecular formula is C24H26N4O5. The first kappa shape index (κ1) is 22.7. The van der Waals surface area contributed by atoms with Crippen molar-refractivity contribution in [3.8, 4) is 17.2 Å². The average Bonchev–Trinajstić information content (AvgIpc) is 3.09. The number of primary amides is 1. The molecule has 1 fully saturated rings. The van der Waals surface area contributed by atoms with Gasteiger partial charge in [-0.15, -0.1) is 0 Å². The van der Waals surface area contributed by atoms with Crippen LogP contribution < -0.4 is 16.8 Å². The Kier molecular flexibility index (Phi) is 6.33. The molecule has 2 unspecified atom stereocenters. The number of amides is 1. The summed E-state index contributed by atoms with van der Waals surface area (Å²) in [6, 6.07) is 15.3. The molecule has 0 radical (unpaired) electrons. The quantitative estimate of drug-likeness (QED) is 0.528. The number of ether oxygens (including phenoxy) is 1. The Morgan fingerprint density at radius 2 is 2.06 bits per heavy atom. The van der Waals surface area contributed by atoms with Crippen molar-refractivity contribution in [3.63, 3.8) is 0 Å². The molecule has 2 aromatic carbocycles. The number of nitrogens with two attached hydrogens (primary N) is 1. The third-order valence-electron chi connectivity index (χ3n) is 6.23. The van der Waals surface area contributed by atoms with Crippen LogP contribution in [-0.4, -0.2) is 47.0 Å². The average molecular weight is 450 g/mol. The van der Waals surface area contributed by atoms with Crippen molar-refractivity contribution in [3.05, 3.63) is 58.6 Å². The van der Waals surface area contributed by atoms with Crippen LogP contribution in [0.15, 0.2) is 51.7 Å². The Bertz CT molecular complexity index is 1260.